The Bertz CT molecular complexity index is 313. The van der Waals surface area contributed by atoms with Gasteiger partial charge in [-0.05, 0) is 37.2 Å². The quantitative estimate of drug-likeness (QED) is 0.662. The SMILES string of the molecule is CCN(CC)CCOCCc1cccc(Cl)c1. The summed E-state index contributed by atoms with van der Waals surface area (Å²) in [6.07, 6.45) is 0.929. The molecule has 0 aliphatic heterocycles. The van der Waals surface area contributed by atoms with E-state index in [1.807, 2.05) is 18.2 Å². The smallest absolute Gasteiger partial charge is 0.0593 e. The van der Waals surface area contributed by atoms with Crippen molar-refractivity contribution in [3.05, 3.63) is 34.9 Å². The van der Waals surface area contributed by atoms with Crippen LogP contribution in [-0.4, -0.2) is 37.7 Å². The lowest BCUT2D eigenvalue weighted by atomic mass is 10.2. The van der Waals surface area contributed by atoms with Crippen LogP contribution in [0.25, 0.3) is 0 Å². The Morgan fingerprint density at radius 1 is 1.18 bits per heavy atom. The van der Waals surface area contributed by atoms with Gasteiger partial charge in [0.15, 0.2) is 0 Å². The second-order valence-electron chi connectivity index (χ2n) is 4.02. The summed E-state index contributed by atoms with van der Waals surface area (Å²) in [6, 6.07) is 7.95. The van der Waals surface area contributed by atoms with E-state index in [4.69, 9.17) is 16.3 Å². The third-order valence-corrected chi connectivity index (χ3v) is 3.11. The van der Waals surface area contributed by atoms with Gasteiger partial charge in [-0.15, -0.1) is 0 Å². The molecule has 96 valence electrons. The van der Waals surface area contributed by atoms with Crippen molar-refractivity contribution in [3.8, 4) is 0 Å². The van der Waals surface area contributed by atoms with Crippen LogP contribution in [0.2, 0.25) is 5.02 Å². The van der Waals surface area contributed by atoms with Crippen molar-refractivity contribution in [3.63, 3.8) is 0 Å². The summed E-state index contributed by atoms with van der Waals surface area (Å²) in [4.78, 5) is 2.36. The molecule has 17 heavy (non-hydrogen) atoms. The summed E-state index contributed by atoms with van der Waals surface area (Å²) >= 11 is 5.92. The van der Waals surface area contributed by atoms with Crippen LogP contribution in [-0.2, 0) is 11.2 Å². The lowest BCUT2D eigenvalue weighted by molar-refractivity contribution is 0.109. The molecule has 2 nitrogen and oxygen atoms in total. The molecule has 0 atom stereocenters. The Labute approximate surface area is 110 Å². The van der Waals surface area contributed by atoms with E-state index in [2.05, 4.69) is 24.8 Å². The Morgan fingerprint density at radius 3 is 2.59 bits per heavy atom. The van der Waals surface area contributed by atoms with Gasteiger partial charge in [0.25, 0.3) is 0 Å². The van der Waals surface area contributed by atoms with Crippen molar-refractivity contribution < 1.29 is 4.74 Å². The van der Waals surface area contributed by atoms with Gasteiger partial charge in [-0.25, -0.2) is 0 Å². The second-order valence-corrected chi connectivity index (χ2v) is 4.46. The van der Waals surface area contributed by atoms with Gasteiger partial charge in [0.1, 0.15) is 0 Å². The number of nitrogens with zero attached hydrogens (tertiary/aromatic N) is 1. The van der Waals surface area contributed by atoms with E-state index in [0.29, 0.717) is 0 Å². The maximum Gasteiger partial charge on any atom is 0.0593 e. The molecule has 0 saturated carbocycles. The largest absolute Gasteiger partial charge is 0.380 e. The summed E-state index contributed by atoms with van der Waals surface area (Å²) in [6.45, 7) is 9.12. The van der Waals surface area contributed by atoms with Crippen molar-refractivity contribution in [1.29, 1.82) is 0 Å². The molecule has 0 aromatic heterocycles. The molecule has 3 heteroatoms. The minimum absolute atomic E-state index is 0.765. The van der Waals surface area contributed by atoms with E-state index in [1.165, 1.54) is 5.56 Å². The fraction of sp³-hybridized carbons (Fsp3) is 0.571. The van der Waals surface area contributed by atoms with E-state index in [-0.39, 0.29) is 0 Å². The van der Waals surface area contributed by atoms with Crippen molar-refractivity contribution in [2.45, 2.75) is 20.3 Å². The van der Waals surface area contributed by atoms with Crippen LogP contribution in [0.3, 0.4) is 0 Å². The van der Waals surface area contributed by atoms with Crippen LogP contribution in [0, 0.1) is 0 Å². The maximum absolute atomic E-state index is 5.92. The summed E-state index contributed by atoms with van der Waals surface area (Å²) in [7, 11) is 0. The zero-order chi connectivity index (χ0) is 12.5. The molecule has 0 saturated heterocycles. The first-order chi connectivity index (χ1) is 8.26. The van der Waals surface area contributed by atoms with E-state index in [1.54, 1.807) is 0 Å². The Kier molecular flexibility index (Phi) is 7.25. The first-order valence-electron chi connectivity index (χ1n) is 6.30. The van der Waals surface area contributed by atoms with Gasteiger partial charge >= 0.3 is 0 Å². The average molecular weight is 256 g/mol. The van der Waals surface area contributed by atoms with E-state index in [0.717, 1.165) is 44.3 Å². The highest BCUT2D eigenvalue weighted by Gasteiger charge is 1.99. The standard InChI is InChI=1S/C14H22ClNO/c1-3-16(4-2)9-11-17-10-8-13-6-5-7-14(15)12-13/h5-7,12H,3-4,8-11H2,1-2H3. The lowest BCUT2D eigenvalue weighted by Crippen LogP contribution is -2.27. The molecule has 0 heterocycles. The van der Waals surface area contributed by atoms with Gasteiger partial charge in [-0.3, -0.25) is 0 Å². The molecule has 1 aromatic carbocycles. The van der Waals surface area contributed by atoms with E-state index >= 15 is 0 Å². The molecule has 0 radical (unpaired) electrons. The molecular formula is C14H22ClNO. The molecule has 0 fully saturated rings. The monoisotopic (exact) mass is 255 g/mol. The normalized spacial score (nSPS) is 11.1. The molecule has 0 unspecified atom stereocenters. The Hall–Kier alpha value is -0.570. The van der Waals surface area contributed by atoms with Gasteiger partial charge in [0, 0.05) is 11.6 Å². The van der Waals surface area contributed by atoms with Crippen LogP contribution in [0.4, 0.5) is 0 Å². The number of rotatable bonds is 8. The molecule has 0 aliphatic rings. The first-order valence-corrected chi connectivity index (χ1v) is 6.68. The van der Waals surface area contributed by atoms with Crippen LogP contribution in [0.5, 0.6) is 0 Å². The van der Waals surface area contributed by atoms with Gasteiger partial charge < -0.3 is 9.64 Å². The highest BCUT2D eigenvalue weighted by atomic mass is 35.5. The molecular weight excluding hydrogens is 234 g/mol. The van der Waals surface area contributed by atoms with Crippen LogP contribution < -0.4 is 0 Å². The van der Waals surface area contributed by atoms with Gasteiger partial charge in [-0.2, -0.15) is 0 Å². The molecule has 0 spiro atoms. The van der Waals surface area contributed by atoms with Crippen molar-refractivity contribution in [1.82, 2.24) is 4.90 Å². The van der Waals surface area contributed by atoms with Crippen LogP contribution in [0.15, 0.2) is 24.3 Å². The second kappa shape index (κ2) is 8.51. The third kappa shape index (κ3) is 6.06. The zero-order valence-corrected chi connectivity index (χ0v) is 11.5. The van der Waals surface area contributed by atoms with Crippen molar-refractivity contribution >= 4 is 11.6 Å². The highest BCUT2D eigenvalue weighted by molar-refractivity contribution is 6.30. The molecule has 1 aromatic rings. The number of benzene rings is 1. The molecule has 1 rings (SSSR count). The van der Waals surface area contributed by atoms with Crippen LogP contribution >= 0.6 is 11.6 Å². The number of hydrogen-bond acceptors (Lipinski definition) is 2. The van der Waals surface area contributed by atoms with E-state index < -0.39 is 0 Å². The minimum atomic E-state index is 0.765. The van der Waals surface area contributed by atoms with Crippen LogP contribution in [0.1, 0.15) is 19.4 Å². The molecule has 0 aliphatic carbocycles. The van der Waals surface area contributed by atoms with Gasteiger partial charge in [0.05, 0.1) is 13.2 Å². The topological polar surface area (TPSA) is 12.5 Å². The fourth-order valence-electron chi connectivity index (χ4n) is 1.72. The highest BCUT2D eigenvalue weighted by Crippen LogP contribution is 2.10. The lowest BCUT2D eigenvalue weighted by Gasteiger charge is -2.17. The number of hydrogen-bond donors (Lipinski definition) is 0. The molecule has 0 bridgehead atoms. The molecule has 0 amide bonds. The van der Waals surface area contributed by atoms with Crippen molar-refractivity contribution in [2.75, 3.05) is 32.8 Å². The molecule has 0 N–H and O–H groups in total. The fourth-order valence-corrected chi connectivity index (χ4v) is 1.93. The summed E-state index contributed by atoms with van der Waals surface area (Å²) in [5, 5.41) is 0.797. The Morgan fingerprint density at radius 2 is 1.94 bits per heavy atom. The summed E-state index contributed by atoms with van der Waals surface area (Å²) in [5.41, 5.74) is 1.24. The predicted octanol–water partition coefficient (Wildman–Crippen LogP) is 3.24. The minimum Gasteiger partial charge on any atom is -0.380 e. The van der Waals surface area contributed by atoms with Gasteiger partial charge in [0.2, 0.25) is 0 Å². The maximum atomic E-state index is 5.92. The number of likely N-dealkylation sites (N-methyl/N-ethyl adjacent to an activating group) is 1. The third-order valence-electron chi connectivity index (χ3n) is 2.87. The average Bonchev–Trinajstić information content (AvgIpc) is 2.34. The zero-order valence-electron chi connectivity index (χ0n) is 10.8. The number of halogens is 1. The Balaban J connectivity index is 2.12. The summed E-state index contributed by atoms with van der Waals surface area (Å²) in [5.74, 6) is 0. The number of ether oxygens (including phenoxy) is 1. The summed E-state index contributed by atoms with van der Waals surface area (Å²) < 4.78 is 5.63. The first kappa shape index (κ1) is 14.5. The van der Waals surface area contributed by atoms with Gasteiger partial charge in [-0.1, -0.05) is 37.6 Å². The van der Waals surface area contributed by atoms with Crippen molar-refractivity contribution in [2.24, 2.45) is 0 Å². The van der Waals surface area contributed by atoms with E-state index in [9.17, 15) is 0 Å². The predicted molar refractivity (Wildman–Crippen MR) is 73.8 cm³/mol.